The van der Waals surface area contributed by atoms with E-state index in [1.807, 2.05) is 0 Å². The van der Waals surface area contributed by atoms with Crippen LogP contribution in [0.3, 0.4) is 0 Å². The first kappa shape index (κ1) is 44.0. The smallest absolute Gasteiger partial charge is 0.0468 e. The van der Waals surface area contributed by atoms with Crippen molar-refractivity contribution in [2.45, 2.75) is 44.9 Å². The fourth-order valence-corrected chi connectivity index (χ4v) is 12.6. The molecular formula is C72H56N2. The molecule has 0 spiro atoms. The molecule has 11 aromatic rings. The molecule has 0 heterocycles. The van der Waals surface area contributed by atoms with Crippen LogP contribution in [0, 0.1) is 5.92 Å². The number of allylic oxidation sites excluding steroid dienone is 5. The summed E-state index contributed by atoms with van der Waals surface area (Å²) in [5.41, 5.74) is 18.8. The van der Waals surface area contributed by atoms with Crippen LogP contribution in [0.1, 0.15) is 61.9 Å². The lowest BCUT2D eigenvalue weighted by atomic mass is 9.78. The Morgan fingerprint density at radius 2 is 0.730 bits per heavy atom. The molecule has 1 atom stereocenters. The van der Waals surface area contributed by atoms with Crippen molar-refractivity contribution in [1.82, 2.24) is 0 Å². The summed E-state index contributed by atoms with van der Waals surface area (Å²) < 4.78 is 0. The second-order valence-corrected chi connectivity index (χ2v) is 21.8. The van der Waals surface area contributed by atoms with Crippen LogP contribution in [-0.4, -0.2) is 0 Å². The largest absolute Gasteiger partial charge is 0.310 e. The van der Waals surface area contributed by atoms with E-state index in [1.54, 1.807) is 0 Å². The molecule has 0 fully saturated rings. The van der Waals surface area contributed by atoms with E-state index in [1.165, 1.54) is 98.9 Å². The van der Waals surface area contributed by atoms with Crippen molar-refractivity contribution in [1.29, 1.82) is 0 Å². The van der Waals surface area contributed by atoms with E-state index in [2.05, 4.69) is 286 Å². The van der Waals surface area contributed by atoms with Crippen LogP contribution >= 0.6 is 0 Å². The number of nitrogens with zero attached hydrogens (tertiary/aromatic N) is 2. The number of hydrogen-bond acceptors (Lipinski definition) is 2. The van der Waals surface area contributed by atoms with Crippen molar-refractivity contribution in [3.05, 3.63) is 276 Å². The molecule has 354 valence electrons. The summed E-state index contributed by atoms with van der Waals surface area (Å²) >= 11 is 0. The van der Waals surface area contributed by atoms with Crippen LogP contribution in [0.15, 0.2) is 248 Å². The van der Waals surface area contributed by atoms with E-state index in [0.29, 0.717) is 5.92 Å². The highest BCUT2D eigenvalue weighted by molar-refractivity contribution is 5.97. The van der Waals surface area contributed by atoms with Gasteiger partial charge in [-0.05, 0) is 178 Å². The Bertz CT molecular complexity index is 4040. The lowest BCUT2D eigenvalue weighted by Crippen LogP contribution is -2.18. The minimum absolute atomic E-state index is 0.164. The van der Waals surface area contributed by atoms with Gasteiger partial charge in [-0.25, -0.2) is 0 Å². The van der Waals surface area contributed by atoms with Gasteiger partial charge in [-0.1, -0.05) is 204 Å². The van der Waals surface area contributed by atoms with E-state index >= 15 is 0 Å². The molecule has 0 aliphatic heterocycles. The molecular weight excluding hydrogens is 893 g/mol. The van der Waals surface area contributed by atoms with Crippen molar-refractivity contribution < 1.29 is 0 Å². The monoisotopic (exact) mass is 948 g/mol. The van der Waals surface area contributed by atoms with Gasteiger partial charge in [0, 0.05) is 45.0 Å². The van der Waals surface area contributed by atoms with Crippen molar-refractivity contribution in [2.75, 3.05) is 9.80 Å². The Morgan fingerprint density at radius 1 is 0.365 bits per heavy atom. The third-order valence-corrected chi connectivity index (χ3v) is 16.6. The summed E-state index contributed by atoms with van der Waals surface area (Å²) in [6, 6.07) is 83.4. The highest BCUT2D eigenvalue weighted by atomic mass is 15.1. The summed E-state index contributed by atoms with van der Waals surface area (Å²) in [7, 11) is 0. The molecule has 2 heteroatoms. The zero-order valence-corrected chi connectivity index (χ0v) is 42.4. The highest BCUT2D eigenvalue weighted by Gasteiger charge is 2.40. The third kappa shape index (κ3) is 7.23. The Labute approximate surface area is 434 Å². The summed E-state index contributed by atoms with van der Waals surface area (Å²) in [5, 5.41) is 9.91. The van der Waals surface area contributed by atoms with Gasteiger partial charge in [-0.2, -0.15) is 0 Å². The minimum Gasteiger partial charge on any atom is -0.310 e. The molecule has 1 unspecified atom stereocenters. The van der Waals surface area contributed by atoms with E-state index in [4.69, 9.17) is 0 Å². The molecule has 74 heavy (non-hydrogen) atoms. The average Bonchev–Trinajstić information content (AvgIpc) is 3.80. The normalized spacial score (nSPS) is 16.0. The molecule has 0 aromatic heterocycles. The number of benzene rings is 11. The predicted molar refractivity (Wildman–Crippen MR) is 316 cm³/mol. The van der Waals surface area contributed by atoms with Gasteiger partial charge in [0.25, 0.3) is 0 Å². The van der Waals surface area contributed by atoms with E-state index in [9.17, 15) is 0 Å². The Hall–Kier alpha value is -8.72. The quantitative estimate of drug-likeness (QED) is 0.150. The lowest BCUT2D eigenvalue weighted by molar-refractivity contribution is 0.645. The molecule has 0 radical (unpaired) electrons. The van der Waals surface area contributed by atoms with Gasteiger partial charge in [-0.15, -0.1) is 0 Å². The van der Waals surface area contributed by atoms with Gasteiger partial charge in [-0.3, -0.25) is 0 Å². The topological polar surface area (TPSA) is 6.48 Å². The number of rotatable bonds is 8. The molecule has 0 N–H and O–H groups in total. The number of anilines is 6. The van der Waals surface area contributed by atoms with Crippen LogP contribution in [-0.2, 0) is 10.8 Å². The highest BCUT2D eigenvalue weighted by Crippen LogP contribution is 2.55. The molecule has 0 amide bonds. The first-order chi connectivity index (χ1) is 36.1. The molecule has 0 bridgehead atoms. The van der Waals surface area contributed by atoms with Crippen LogP contribution in [0.25, 0.3) is 65.9 Å². The van der Waals surface area contributed by atoms with Gasteiger partial charge < -0.3 is 9.80 Å². The summed E-state index contributed by atoms with van der Waals surface area (Å²) in [6.45, 7) is 9.63. The predicted octanol–water partition coefficient (Wildman–Crippen LogP) is 19.9. The van der Waals surface area contributed by atoms with Gasteiger partial charge in [0.15, 0.2) is 0 Å². The first-order valence-corrected chi connectivity index (χ1v) is 26.2. The van der Waals surface area contributed by atoms with E-state index in [0.717, 1.165) is 34.9 Å². The second kappa shape index (κ2) is 16.9. The number of fused-ring (bicyclic) bond motifs is 10. The molecule has 14 rings (SSSR count). The van der Waals surface area contributed by atoms with Crippen LogP contribution in [0.2, 0.25) is 0 Å². The van der Waals surface area contributed by atoms with Crippen molar-refractivity contribution in [3.8, 4) is 11.1 Å². The minimum atomic E-state index is -0.190. The van der Waals surface area contributed by atoms with Crippen molar-refractivity contribution >= 4 is 88.9 Å². The molecule has 11 aromatic carbocycles. The zero-order chi connectivity index (χ0) is 49.7. The Balaban J connectivity index is 0.763. The Morgan fingerprint density at radius 3 is 1.19 bits per heavy atom. The van der Waals surface area contributed by atoms with E-state index in [-0.39, 0.29) is 10.8 Å². The molecule has 0 saturated carbocycles. The average molecular weight is 949 g/mol. The zero-order valence-electron chi connectivity index (χ0n) is 42.4. The summed E-state index contributed by atoms with van der Waals surface area (Å²) in [6.07, 6.45) is 10.8. The van der Waals surface area contributed by atoms with Crippen LogP contribution < -0.4 is 9.80 Å². The number of hydrogen-bond donors (Lipinski definition) is 0. The standard InChI is InChI=1S/C72H56N2/c1-71(2)67-39-47(23-35-63(67)65-37-33-61(45-69(65)71)73(57-29-25-49-13-5-9-17-53(49)41-57)58-30-26-50-14-6-10-18-54(50)42-58)21-22-48-24-36-64-66-38-34-62(46-70(66)72(3,4)68(64)40-48)74(59-31-27-51-15-7-11-19-55(51)43-59)60-32-28-52-16-8-12-20-56(52)44-60/h5-23,25-46,48H,24H2,1-4H3/b22-21+. The molecule has 3 aliphatic carbocycles. The van der Waals surface area contributed by atoms with Gasteiger partial charge in [0.2, 0.25) is 0 Å². The van der Waals surface area contributed by atoms with Crippen molar-refractivity contribution in [2.24, 2.45) is 5.92 Å². The SMILES string of the molecule is CC1(C)C2=CC(/C=C/c3ccc4c(c3)C(C)(C)c3cc(N(c5ccc6ccccc6c5)c5ccc6ccccc6c5)ccc3-4)CC=C2c2ccc(N(c3ccc4ccccc4c3)c3ccc4ccccc4c3)cc21. The molecule has 2 nitrogen and oxygen atoms in total. The maximum Gasteiger partial charge on any atom is 0.0468 e. The lowest BCUT2D eigenvalue weighted by Gasteiger charge is -2.29. The third-order valence-electron chi connectivity index (χ3n) is 16.6. The van der Waals surface area contributed by atoms with Crippen LogP contribution in [0.5, 0.6) is 0 Å². The molecule has 0 saturated heterocycles. The fourth-order valence-electron chi connectivity index (χ4n) is 12.6. The maximum absolute atomic E-state index is 2.56. The Kier molecular flexibility index (Phi) is 10.1. The van der Waals surface area contributed by atoms with Gasteiger partial charge in [0.05, 0.1) is 0 Å². The maximum atomic E-state index is 2.56. The van der Waals surface area contributed by atoms with Gasteiger partial charge in [0.1, 0.15) is 0 Å². The first-order valence-electron chi connectivity index (χ1n) is 26.2. The van der Waals surface area contributed by atoms with Crippen molar-refractivity contribution in [3.63, 3.8) is 0 Å². The summed E-state index contributed by atoms with van der Waals surface area (Å²) in [4.78, 5) is 4.87. The fraction of sp³-hybridized carbons (Fsp3) is 0.111. The van der Waals surface area contributed by atoms with E-state index < -0.39 is 0 Å². The van der Waals surface area contributed by atoms with Crippen LogP contribution in [0.4, 0.5) is 34.1 Å². The second-order valence-electron chi connectivity index (χ2n) is 21.8. The van der Waals surface area contributed by atoms with Gasteiger partial charge >= 0.3 is 0 Å². The molecule has 3 aliphatic rings. The summed E-state index contributed by atoms with van der Waals surface area (Å²) in [5.74, 6) is 0.297.